The van der Waals surface area contributed by atoms with Gasteiger partial charge in [-0.25, -0.2) is 0 Å². The van der Waals surface area contributed by atoms with Crippen LogP contribution >= 0.6 is 0 Å². The number of aliphatic hydroxyl groups excluding tert-OH is 1. The normalized spacial score (nSPS) is 15.2. The van der Waals surface area contributed by atoms with E-state index in [4.69, 9.17) is 4.52 Å². The molecule has 5 nitrogen and oxygen atoms in total. The summed E-state index contributed by atoms with van der Waals surface area (Å²) in [7, 11) is 0. The number of rotatable bonds is 8. The Morgan fingerprint density at radius 3 is 2.32 bits per heavy atom. The van der Waals surface area contributed by atoms with Crippen molar-refractivity contribution in [1.82, 2.24) is 15.0 Å². The Morgan fingerprint density at radius 1 is 1.21 bits per heavy atom. The molecule has 110 valence electrons. The third-order valence-electron chi connectivity index (χ3n) is 3.55. The first kappa shape index (κ1) is 16.1. The second-order valence-corrected chi connectivity index (χ2v) is 5.34. The van der Waals surface area contributed by atoms with Gasteiger partial charge in [-0.1, -0.05) is 32.9 Å². The van der Waals surface area contributed by atoms with Crippen molar-refractivity contribution in [2.45, 2.75) is 53.1 Å². The van der Waals surface area contributed by atoms with Crippen LogP contribution < -0.4 is 0 Å². The molecule has 0 aliphatic carbocycles. The van der Waals surface area contributed by atoms with Gasteiger partial charge in [-0.3, -0.25) is 0 Å². The fraction of sp³-hybridized carbons (Fsp3) is 0.857. The number of aromatic nitrogens is 2. The minimum absolute atomic E-state index is 0.0882. The van der Waals surface area contributed by atoms with Crippen LogP contribution in [0.5, 0.6) is 0 Å². The molecule has 0 aromatic carbocycles. The number of aliphatic hydroxyl groups is 1. The zero-order chi connectivity index (χ0) is 14.4. The fourth-order valence-electron chi connectivity index (χ4n) is 2.35. The maximum absolute atomic E-state index is 9.80. The molecule has 1 N–H and O–H groups in total. The van der Waals surface area contributed by atoms with Crippen molar-refractivity contribution in [1.29, 1.82) is 0 Å². The lowest BCUT2D eigenvalue weighted by atomic mass is 9.91. The zero-order valence-corrected chi connectivity index (χ0v) is 12.8. The first-order chi connectivity index (χ1) is 8.99. The summed E-state index contributed by atoms with van der Waals surface area (Å²) in [5.41, 5.74) is 0. The Morgan fingerprint density at radius 2 is 1.84 bits per heavy atom. The molecule has 0 aliphatic heterocycles. The van der Waals surface area contributed by atoms with Gasteiger partial charge >= 0.3 is 0 Å². The maximum Gasteiger partial charge on any atom is 0.232 e. The molecule has 0 fully saturated rings. The van der Waals surface area contributed by atoms with Crippen LogP contribution in [-0.2, 0) is 6.42 Å². The number of hydrogen-bond donors (Lipinski definition) is 1. The predicted molar refractivity (Wildman–Crippen MR) is 75.0 cm³/mol. The molecule has 0 spiro atoms. The van der Waals surface area contributed by atoms with Crippen LogP contribution in [0.25, 0.3) is 0 Å². The molecule has 1 rings (SSSR count). The summed E-state index contributed by atoms with van der Waals surface area (Å²) in [5, 5.41) is 13.8. The van der Waals surface area contributed by atoms with Gasteiger partial charge < -0.3 is 14.5 Å². The summed E-state index contributed by atoms with van der Waals surface area (Å²) in [5.74, 6) is 1.47. The summed E-state index contributed by atoms with van der Waals surface area (Å²) < 4.78 is 5.31. The first-order valence-corrected chi connectivity index (χ1v) is 7.22. The smallest absolute Gasteiger partial charge is 0.232 e. The molecule has 1 aromatic heterocycles. The second-order valence-electron chi connectivity index (χ2n) is 5.34. The van der Waals surface area contributed by atoms with Gasteiger partial charge in [-0.05, 0) is 25.9 Å². The van der Waals surface area contributed by atoms with E-state index in [-0.39, 0.29) is 11.8 Å². The van der Waals surface area contributed by atoms with Crippen LogP contribution in [0.1, 0.15) is 52.3 Å². The van der Waals surface area contributed by atoms with Crippen molar-refractivity contribution in [3.63, 3.8) is 0 Å². The van der Waals surface area contributed by atoms with Gasteiger partial charge in [0.2, 0.25) is 5.89 Å². The summed E-state index contributed by atoms with van der Waals surface area (Å²) in [6.45, 7) is 13.2. The van der Waals surface area contributed by atoms with Crippen molar-refractivity contribution >= 4 is 0 Å². The van der Waals surface area contributed by atoms with Gasteiger partial charge in [0.05, 0.1) is 12.0 Å². The Labute approximate surface area is 116 Å². The largest absolute Gasteiger partial charge is 0.393 e. The molecule has 2 atom stereocenters. The summed E-state index contributed by atoms with van der Waals surface area (Å²) in [6.07, 6.45) is 0.312. The molecule has 0 saturated carbocycles. The van der Waals surface area contributed by atoms with Gasteiger partial charge in [0, 0.05) is 13.0 Å². The summed E-state index contributed by atoms with van der Waals surface area (Å²) in [4.78, 5) is 6.75. The van der Waals surface area contributed by atoms with Gasteiger partial charge in [0.1, 0.15) is 0 Å². The van der Waals surface area contributed by atoms with E-state index in [1.165, 1.54) is 0 Å². The first-order valence-electron chi connectivity index (χ1n) is 7.22. The van der Waals surface area contributed by atoms with Crippen LogP contribution in [0.15, 0.2) is 4.52 Å². The van der Waals surface area contributed by atoms with Crippen molar-refractivity contribution < 1.29 is 9.63 Å². The lowest BCUT2D eigenvalue weighted by molar-refractivity contribution is 0.120. The van der Waals surface area contributed by atoms with Crippen LogP contribution in [0.4, 0.5) is 0 Å². The van der Waals surface area contributed by atoms with Gasteiger partial charge in [-0.15, -0.1) is 0 Å². The van der Waals surface area contributed by atoms with E-state index < -0.39 is 6.10 Å². The summed E-state index contributed by atoms with van der Waals surface area (Å²) in [6, 6.07) is 0. The lowest BCUT2D eigenvalue weighted by Crippen LogP contribution is -2.25. The highest BCUT2D eigenvalue weighted by Crippen LogP contribution is 2.26. The highest BCUT2D eigenvalue weighted by atomic mass is 16.5. The van der Waals surface area contributed by atoms with E-state index in [0.29, 0.717) is 5.89 Å². The Kier molecular flexibility index (Phi) is 6.45. The second kappa shape index (κ2) is 7.60. The molecule has 0 radical (unpaired) electrons. The Hall–Kier alpha value is -0.940. The van der Waals surface area contributed by atoms with Crippen molar-refractivity contribution in [3.05, 3.63) is 11.7 Å². The standard InChI is InChI=1S/C14H27N3O2/c1-6-17(7-2)9-8-12-15-14(19-16-12)13(10(3)4)11(5)18/h10-11,13,18H,6-9H2,1-5H3. The monoisotopic (exact) mass is 269 g/mol. The maximum atomic E-state index is 9.80. The lowest BCUT2D eigenvalue weighted by Gasteiger charge is -2.19. The molecule has 19 heavy (non-hydrogen) atoms. The number of nitrogens with zero attached hydrogens (tertiary/aromatic N) is 3. The third kappa shape index (κ3) is 4.58. The molecule has 0 amide bonds. The number of hydrogen-bond acceptors (Lipinski definition) is 5. The molecule has 1 aromatic rings. The highest BCUT2D eigenvalue weighted by Gasteiger charge is 2.27. The quantitative estimate of drug-likeness (QED) is 0.783. The van der Waals surface area contributed by atoms with E-state index in [0.717, 1.165) is 31.9 Å². The van der Waals surface area contributed by atoms with E-state index in [9.17, 15) is 5.11 Å². The Balaban J connectivity index is 2.65. The van der Waals surface area contributed by atoms with Gasteiger partial charge in [-0.2, -0.15) is 4.98 Å². The van der Waals surface area contributed by atoms with Gasteiger partial charge in [0.15, 0.2) is 5.82 Å². The predicted octanol–water partition coefficient (Wildman–Crippen LogP) is 2.07. The van der Waals surface area contributed by atoms with Gasteiger partial charge in [0.25, 0.3) is 0 Å². The number of likely N-dealkylation sites (N-methyl/N-ethyl adjacent to an activating group) is 1. The minimum Gasteiger partial charge on any atom is -0.393 e. The minimum atomic E-state index is -0.476. The van der Waals surface area contributed by atoms with Crippen molar-refractivity contribution in [2.75, 3.05) is 19.6 Å². The van der Waals surface area contributed by atoms with Crippen LogP contribution in [0, 0.1) is 5.92 Å². The van der Waals surface area contributed by atoms with E-state index in [1.54, 1.807) is 6.92 Å². The molecule has 2 unspecified atom stereocenters. The van der Waals surface area contributed by atoms with Crippen molar-refractivity contribution in [2.24, 2.45) is 5.92 Å². The molecule has 0 bridgehead atoms. The third-order valence-corrected chi connectivity index (χ3v) is 3.55. The topological polar surface area (TPSA) is 62.4 Å². The average Bonchev–Trinajstić information content (AvgIpc) is 2.78. The van der Waals surface area contributed by atoms with E-state index in [1.807, 2.05) is 0 Å². The molecule has 0 saturated heterocycles. The van der Waals surface area contributed by atoms with Crippen LogP contribution in [-0.4, -0.2) is 45.9 Å². The Bertz CT molecular complexity index is 351. The SMILES string of the molecule is CCN(CC)CCc1noc(C(C(C)C)C(C)O)n1. The molecule has 5 heteroatoms. The average molecular weight is 269 g/mol. The zero-order valence-electron chi connectivity index (χ0n) is 12.8. The van der Waals surface area contributed by atoms with E-state index in [2.05, 4.69) is 42.7 Å². The van der Waals surface area contributed by atoms with Crippen molar-refractivity contribution in [3.8, 4) is 0 Å². The summed E-state index contributed by atoms with van der Waals surface area (Å²) >= 11 is 0. The highest BCUT2D eigenvalue weighted by molar-refractivity contribution is 4.98. The molecular weight excluding hydrogens is 242 g/mol. The molecule has 1 heterocycles. The van der Waals surface area contributed by atoms with Crippen LogP contribution in [0.3, 0.4) is 0 Å². The van der Waals surface area contributed by atoms with E-state index >= 15 is 0 Å². The molecule has 0 aliphatic rings. The van der Waals surface area contributed by atoms with Crippen LogP contribution in [0.2, 0.25) is 0 Å². The molecular formula is C14H27N3O2. The fourth-order valence-corrected chi connectivity index (χ4v) is 2.35.